The Labute approximate surface area is 129 Å². The van der Waals surface area contributed by atoms with Crippen LogP contribution in [0.15, 0.2) is 36.7 Å². The van der Waals surface area contributed by atoms with E-state index in [-0.39, 0.29) is 5.91 Å². The molecule has 22 heavy (non-hydrogen) atoms. The fourth-order valence-electron chi connectivity index (χ4n) is 2.48. The van der Waals surface area contributed by atoms with Crippen molar-refractivity contribution >= 4 is 11.6 Å². The molecule has 1 aliphatic rings. The van der Waals surface area contributed by atoms with Crippen molar-refractivity contribution in [2.75, 3.05) is 25.0 Å². The molecule has 1 atom stereocenters. The Morgan fingerprint density at radius 2 is 2.36 bits per heavy atom. The van der Waals surface area contributed by atoms with Crippen molar-refractivity contribution in [2.45, 2.75) is 19.6 Å². The third kappa shape index (κ3) is 3.35. The van der Waals surface area contributed by atoms with Gasteiger partial charge < -0.3 is 19.9 Å². The monoisotopic (exact) mass is 300 g/mol. The number of aryl methyl sites for hydroxylation is 1. The molecule has 1 aromatic heterocycles. The van der Waals surface area contributed by atoms with E-state index in [0.717, 1.165) is 23.6 Å². The van der Waals surface area contributed by atoms with Crippen LogP contribution >= 0.6 is 0 Å². The van der Waals surface area contributed by atoms with Gasteiger partial charge in [0.25, 0.3) is 5.91 Å². The van der Waals surface area contributed by atoms with Gasteiger partial charge in [-0.05, 0) is 18.6 Å². The number of morpholine rings is 1. The second kappa shape index (κ2) is 6.72. The number of imidazole rings is 1. The normalized spacial score (nSPS) is 18.1. The maximum Gasteiger partial charge on any atom is 0.254 e. The lowest BCUT2D eigenvalue weighted by atomic mass is 10.1. The molecule has 0 spiro atoms. The van der Waals surface area contributed by atoms with Gasteiger partial charge in [-0.15, -0.1) is 0 Å². The molecule has 1 fully saturated rings. The van der Waals surface area contributed by atoms with Gasteiger partial charge in [-0.25, -0.2) is 4.98 Å². The molecule has 1 aromatic carbocycles. The molecule has 6 nitrogen and oxygen atoms in total. The van der Waals surface area contributed by atoms with Crippen LogP contribution in [-0.2, 0) is 16.1 Å². The van der Waals surface area contributed by atoms with Crippen LogP contribution in [0.3, 0.4) is 0 Å². The fourth-order valence-corrected chi connectivity index (χ4v) is 2.48. The number of para-hydroxylation sites is 1. The molecule has 1 aliphatic heterocycles. The van der Waals surface area contributed by atoms with Crippen molar-refractivity contribution in [1.82, 2.24) is 14.9 Å². The van der Waals surface area contributed by atoms with Gasteiger partial charge >= 0.3 is 0 Å². The largest absolute Gasteiger partial charge is 0.366 e. The zero-order chi connectivity index (χ0) is 15.4. The van der Waals surface area contributed by atoms with Gasteiger partial charge in [0.05, 0.1) is 13.2 Å². The number of hydrogen-bond acceptors (Lipinski definition) is 4. The lowest BCUT2D eigenvalue weighted by Crippen LogP contribution is -2.45. The first kappa shape index (κ1) is 14.7. The van der Waals surface area contributed by atoms with Gasteiger partial charge in [0.15, 0.2) is 0 Å². The van der Waals surface area contributed by atoms with E-state index in [0.29, 0.717) is 19.7 Å². The lowest BCUT2D eigenvalue weighted by Gasteiger charge is -2.23. The minimum atomic E-state index is -0.434. The summed E-state index contributed by atoms with van der Waals surface area (Å²) in [6.45, 7) is 4.54. The number of nitrogens with one attached hydrogen (secondary N) is 2. The second-order valence-electron chi connectivity index (χ2n) is 5.31. The summed E-state index contributed by atoms with van der Waals surface area (Å²) < 4.78 is 7.53. The number of carbonyl (C=O) groups excluding carboxylic acids is 1. The van der Waals surface area contributed by atoms with Crippen molar-refractivity contribution in [1.29, 1.82) is 0 Å². The Kier molecular flexibility index (Phi) is 4.50. The van der Waals surface area contributed by atoms with Crippen molar-refractivity contribution in [3.8, 4) is 0 Å². The van der Waals surface area contributed by atoms with E-state index in [4.69, 9.17) is 4.74 Å². The number of benzene rings is 1. The molecule has 0 bridgehead atoms. The minimum Gasteiger partial charge on any atom is -0.366 e. The molecule has 0 radical (unpaired) electrons. The second-order valence-corrected chi connectivity index (χ2v) is 5.31. The van der Waals surface area contributed by atoms with Crippen molar-refractivity contribution in [3.05, 3.63) is 48.0 Å². The Morgan fingerprint density at radius 3 is 3.09 bits per heavy atom. The molecule has 1 amide bonds. The standard InChI is InChI=1S/C16H20N4O2/c1-12-18-6-8-20(12)11-13-4-2-3-5-14(13)19-16(21)15-10-17-7-9-22-15/h2-6,8,15,17H,7,9-11H2,1H3,(H,19,21)/t15-/m1/s1. The van der Waals surface area contributed by atoms with Crippen LogP contribution in [-0.4, -0.2) is 41.3 Å². The number of amides is 1. The SMILES string of the molecule is Cc1nccn1Cc1ccccc1NC(=O)[C@H]1CNCCO1. The Bertz CT molecular complexity index is 647. The summed E-state index contributed by atoms with van der Waals surface area (Å²) in [5.41, 5.74) is 1.86. The predicted octanol–water partition coefficient (Wildman–Crippen LogP) is 1.17. The van der Waals surface area contributed by atoms with Crippen LogP contribution in [0, 0.1) is 6.92 Å². The van der Waals surface area contributed by atoms with Crippen LogP contribution in [0.1, 0.15) is 11.4 Å². The zero-order valence-corrected chi connectivity index (χ0v) is 12.6. The summed E-state index contributed by atoms with van der Waals surface area (Å²) in [7, 11) is 0. The van der Waals surface area contributed by atoms with Gasteiger partial charge in [-0.2, -0.15) is 0 Å². The molecular weight excluding hydrogens is 280 g/mol. The molecule has 2 heterocycles. The molecule has 2 aromatic rings. The average molecular weight is 300 g/mol. The zero-order valence-electron chi connectivity index (χ0n) is 12.6. The Morgan fingerprint density at radius 1 is 1.50 bits per heavy atom. The van der Waals surface area contributed by atoms with Crippen LogP contribution in [0.4, 0.5) is 5.69 Å². The summed E-state index contributed by atoms with van der Waals surface area (Å²) in [5, 5.41) is 6.14. The van der Waals surface area contributed by atoms with E-state index in [1.165, 1.54) is 0 Å². The van der Waals surface area contributed by atoms with E-state index in [1.807, 2.05) is 42.0 Å². The smallest absolute Gasteiger partial charge is 0.254 e. The van der Waals surface area contributed by atoms with Gasteiger partial charge in [-0.1, -0.05) is 18.2 Å². The molecule has 2 N–H and O–H groups in total. The third-order valence-corrected chi connectivity index (χ3v) is 3.76. The molecule has 0 saturated carbocycles. The number of nitrogens with zero attached hydrogens (tertiary/aromatic N) is 2. The third-order valence-electron chi connectivity index (χ3n) is 3.76. The lowest BCUT2D eigenvalue weighted by molar-refractivity contribution is -0.128. The number of rotatable bonds is 4. The topological polar surface area (TPSA) is 68.2 Å². The summed E-state index contributed by atoms with van der Waals surface area (Å²) in [5.74, 6) is 0.836. The van der Waals surface area contributed by atoms with Gasteiger partial charge in [-0.3, -0.25) is 4.79 Å². The Hall–Kier alpha value is -2.18. The van der Waals surface area contributed by atoms with Crippen LogP contribution in [0.2, 0.25) is 0 Å². The summed E-state index contributed by atoms with van der Waals surface area (Å²) in [6.07, 6.45) is 3.27. The molecular formula is C16H20N4O2. The first-order valence-corrected chi connectivity index (χ1v) is 7.43. The number of hydrogen-bond donors (Lipinski definition) is 2. The van der Waals surface area contributed by atoms with E-state index in [2.05, 4.69) is 15.6 Å². The molecule has 0 aliphatic carbocycles. The van der Waals surface area contributed by atoms with E-state index in [1.54, 1.807) is 6.20 Å². The highest BCUT2D eigenvalue weighted by atomic mass is 16.5. The minimum absolute atomic E-state index is 0.109. The number of anilines is 1. The molecule has 3 rings (SSSR count). The van der Waals surface area contributed by atoms with Crippen LogP contribution in [0.25, 0.3) is 0 Å². The molecule has 116 valence electrons. The van der Waals surface area contributed by atoms with Gasteiger partial charge in [0.1, 0.15) is 11.9 Å². The first-order chi connectivity index (χ1) is 10.7. The van der Waals surface area contributed by atoms with Crippen LogP contribution in [0.5, 0.6) is 0 Å². The first-order valence-electron chi connectivity index (χ1n) is 7.43. The maximum atomic E-state index is 12.3. The molecule has 1 saturated heterocycles. The van der Waals surface area contributed by atoms with Crippen molar-refractivity contribution in [3.63, 3.8) is 0 Å². The number of carbonyl (C=O) groups is 1. The van der Waals surface area contributed by atoms with E-state index < -0.39 is 6.10 Å². The highest BCUT2D eigenvalue weighted by Crippen LogP contribution is 2.18. The van der Waals surface area contributed by atoms with Gasteiger partial charge in [0.2, 0.25) is 0 Å². The van der Waals surface area contributed by atoms with E-state index >= 15 is 0 Å². The van der Waals surface area contributed by atoms with Gasteiger partial charge in [0, 0.05) is 31.2 Å². The highest BCUT2D eigenvalue weighted by molar-refractivity contribution is 5.95. The molecule has 0 unspecified atom stereocenters. The quantitative estimate of drug-likeness (QED) is 0.889. The predicted molar refractivity (Wildman–Crippen MR) is 83.7 cm³/mol. The summed E-state index contributed by atoms with van der Waals surface area (Å²) >= 11 is 0. The maximum absolute atomic E-state index is 12.3. The van der Waals surface area contributed by atoms with Crippen molar-refractivity contribution < 1.29 is 9.53 Å². The Balaban J connectivity index is 1.73. The number of aromatic nitrogens is 2. The van der Waals surface area contributed by atoms with Crippen LogP contribution < -0.4 is 10.6 Å². The highest BCUT2D eigenvalue weighted by Gasteiger charge is 2.22. The van der Waals surface area contributed by atoms with Crippen molar-refractivity contribution in [2.24, 2.45) is 0 Å². The average Bonchev–Trinajstić information content (AvgIpc) is 2.95. The summed E-state index contributed by atoms with van der Waals surface area (Å²) in [4.78, 5) is 16.5. The number of ether oxygens (including phenoxy) is 1. The van der Waals surface area contributed by atoms with E-state index in [9.17, 15) is 4.79 Å². The fraction of sp³-hybridized carbons (Fsp3) is 0.375. The molecule has 6 heteroatoms. The summed E-state index contributed by atoms with van der Waals surface area (Å²) in [6, 6.07) is 7.81.